The van der Waals surface area contributed by atoms with Gasteiger partial charge in [-0.15, -0.1) is 11.3 Å². The molecule has 4 amide bonds. The molecule has 1 aromatic heterocycles. The summed E-state index contributed by atoms with van der Waals surface area (Å²) in [5, 5.41) is 12.6. The molecule has 0 saturated carbocycles. The Morgan fingerprint density at radius 3 is 2.21 bits per heavy atom. The third kappa shape index (κ3) is 5.88. The molecule has 0 bridgehead atoms. The number of thiazole rings is 1. The molecule has 0 unspecified atom stereocenters. The van der Waals surface area contributed by atoms with Crippen LogP contribution in [-0.4, -0.2) is 22.8 Å². The highest BCUT2D eigenvalue weighted by Gasteiger charge is 2.13. The molecule has 0 aliphatic carbocycles. The lowest BCUT2D eigenvalue weighted by molar-refractivity contribution is -0.114. The van der Waals surface area contributed by atoms with E-state index < -0.39 is 11.9 Å². The first-order valence-electron chi connectivity index (χ1n) is 8.68. The van der Waals surface area contributed by atoms with Crippen LogP contribution in [-0.2, 0) is 4.79 Å². The highest BCUT2D eigenvalue weighted by atomic mass is 32.1. The molecule has 4 N–H and O–H groups in total. The van der Waals surface area contributed by atoms with Gasteiger partial charge in [-0.3, -0.25) is 14.9 Å². The molecule has 1 heterocycles. The van der Waals surface area contributed by atoms with Crippen molar-refractivity contribution in [3.63, 3.8) is 0 Å². The van der Waals surface area contributed by atoms with Crippen LogP contribution in [0.5, 0.6) is 0 Å². The largest absolute Gasteiger partial charge is 0.326 e. The minimum absolute atomic E-state index is 0.171. The summed E-state index contributed by atoms with van der Waals surface area (Å²) < 4.78 is 0. The molecule has 0 radical (unpaired) electrons. The summed E-state index contributed by atoms with van der Waals surface area (Å²) in [4.78, 5) is 39.6. The summed E-state index contributed by atoms with van der Waals surface area (Å²) in [7, 11) is 0. The molecule has 0 fully saturated rings. The number of nitrogens with zero attached hydrogens (tertiary/aromatic N) is 1. The van der Waals surface area contributed by atoms with Crippen LogP contribution < -0.4 is 21.3 Å². The molecule has 0 atom stereocenters. The van der Waals surface area contributed by atoms with Crippen LogP contribution in [0.25, 0.3) is 0 Å². The number of rotatable bonds is 5. The first-order valence-corrected chi connectivity index (χ1v) is 9.56. The first-order chi connectivity index (χ1) is 13.9. The molecular formula is C20H19N5O3S. The second-order valence-electron chi connectivity index (χ2n) is 6.20. The van der Waals surface area contributed by atoms with E-state index in [2.05, 4.69) is 26.3 Å². The predicted molar refractivity (Wildman–Crippen MR) is 115 cm³/mol. The maximum atomic E-state index is 12.3. The van der Waals surface area contributed by atoms with Crippen molar-refractivity contribution in [1.29, 1.82) is 0 Å². The van der Waals surface area contributed by atoms with Gasteiger partial charge in [-0.25, -0.2) is 9.78 Å². The normalized spacial score (nSPS) is 10.1. The van der Waals surface area contributed by atoms with Crippen molar-refractivity contribution in [2.24, 2.45) is 0 Å². The van der Waals surface area contributed by atoms with Gasteiger partial charge in [0.15, 0.2) is 5.13 Å². The molecule has 0 spiro atoms. The summed E-state index contributed by atoms with van der Waals surface area (Å²) in [5.74, 6) is -0.573. The quantitative estimate of drug-likeness (QED) is 0.503. The molecule has 148 valence electrons. The van der Waals surface area contributed by atoms with E-state index in [0.717, 1.165) is 16.9 Å². The molecule has 2 aromatic carbocycles. The van der Waals surface area contributed by atoms with Crippen LogP contribution in [0, 0.1) is 6.92 Å². The summed E-state index contributed by atoms with van der Waals surface area (Å²) in [5.41, 5.74) is 3.08. The van der Waals surface area contributed by atoms with E-state index in [-0.39, 0.29) is 11.6 Å². The van der Waals surface area contributed by atoms with Gasteiger partial charge in [0.2, 0.25) is 5.91 Å². The Labute approximate surface area is 171 Å². The second-order valence-corrected chi connectivity index (χ2v) is 7.06. The van der Waals surface area contributed by atoms with Gasteiger partial charge < -0.3 is 16.0 Å². The van der Waals surface area contributed by atoms with E-state index in [0.29, 0.717) is 22.2 Å². The lowest BCUT2D eigenvalue weighted by Gasteiger charge is -2.06. The highest BCUT2D eigenvalue weighted by Crippen LogP contribution is 2.19. The molecule has 8 nitrogen and oxygen atoms in total. The average molecular weight is 409 g/mol. The van der Waals surface area contributed by atoms with E-state index in [1.54, 1.807) is 35.7 Å². The number of carbonyl (C=O) groups excluding carboxylic acids is 3. The molecular weight excluding hydrogens is 390 g/mol. The van der Waals surface area contributed by atoms with Crippen molar-refractivity contribution in [3.05, 3.63) is 65.2 Å². The highest BCUT2D eigenvalue weighted by molar-refractivity contribution is 7.14. The number of nitrogens with one attached hydrogen (secondary N) is 4. The summed E-state index contributed by atoms with van der Waals surface area (Å²) in [6.07, 6.45) is 0. The lowest BCUT2D eigenvalue weighted by atomic mass is 10.2. The van der Waals surface area contributed by atoms with Crippen molar-refractivity contribution < 1.29 is 14.4 Å². The molecule has 29 heavy (non-hydrogen) atoms. The smallest absolute Gasteiger partial charge is 0.325 e. The predicted octanol–water partition coefficient (Wildman–Crippen LogP) is 4.31. The van der Waals surface area contributed by atoms with Crippen molar-refractivity contribution >= 4 is 51.4 Å². The molecule has 0 aliphatic rings. The maximum absolute atomic E-state index is 12.3. The Morgan fingerprint density at radius 1 is 0.862 bits per heavy atom. The molecule has 0 saturated heterocycles. The van der Waals surface area contributed by atoms with Crippen molar-refractivity contribution in [3.8, 4) is 0 Å². The van der Waals surface area contributed by atoms with Gasteiger partial charge in [0, 0.05) is 29.4 Å². The number of hydrogen-bond acceptors (Lipinski definition) is 5. The Hall–Kier alpha value is -3.72. The van der Waals surface area contributed by atoms with Crippen molar-refractivity contribution in [1.82, 2.24) is 4.98 Å². The number of aromatic nitrogens is 1. The van der Waals surface area contributed by atoms with Gasteiger partial charge in [0.1, 0.15) is 5.69 Å². The van der Waals surface area contributed by atoms with Crippen LogP contribution in [0.15, 0.2) is 53.9 Å². The topological polar surface area (TPSA) is 112 Å². The molecule has 3 aromatic rings. The number of anilines is 4. The number of hydrogen-bond donors (Lipinski definition) is 4. The van der Waals surface area contributed by atoms with E-state index in [1.165, 1.54) is 6.92 Å². The molecule has 3 rings (SSSR count). The van der Waals surface area contributed by atoms with E-state index in [4.69, 9.17) is 0 Å². The fourth-order valence-corrected chi connectivity index (χ4v) is 3.14. The number of amides is 4. The standard InChI is InChI=1S/C20H19N5O3S/c1-12-4-3-5-16(10-12)23-19(28)25-20-24-17(11-29-20)18(27)22-15-8-6-14(7-9-15)21-13(2)26/h3-11H,1-2H3,(H,21,26)(H,22,27)(H2,23,24,25,28). The third-order valence-electron chi connectivity index (χ3n) is 3.70. The number of aryl methyl sites for hydroxylation is 1. The van der Waals surface area contributed by atoms with Crippen LogP contribution in [0.4, 0.5) is 27.0 Å². The number of benzene rings is 2. The minimum atomic E-state index is -0.439. The monoisotopic (exact) mass is 409 g/mol. The van der Waals surface area contributed by atoms with Crippen LogP contribution in [0.2, 0.25) is 0 Å². The van der Waals surface area contributed by atoms with E-state index in [9.17, 15) is 14.4 Å². The second kappa shape index (κ2) is 8.98. The van der Waals surface area contributed by atoms with Crippen LogP contribution >= 0.6 is 11.3 Å². The molecule has 9 heteroatoms. The zero-order chi connectivity index (χ0) is 20.8. The zero-order valence-electron chi connectivity index (χ0n) is 15.8. The van der Waals surface area contributed by atoms with Gasteiger partial charge in [0.25, 0.3) is 5.91 Å². The summed E-state index contributed by atoms with van der Waals surface area (Å²) in [6.45, 7) is 3.35. The maximum Gasteiger partial charge on any atom is 0.325 e. The SMILES string of the molecule is CC(=O)Nc1ccc(NC(=O)c2csc(NC(=O)Nc3cccc(C)c3)n2)cc1. The Balaban J connectivity index is 1.56. The van der Waals surface area contributed by atoms with E-state index in [1.807, 2.05) is 25.1 Å². The Bertz CT molecular complexity index is 1050. The fourth-order valence-electron chi connectivity index (χ4n) is 2.45. The lowest BCUT2D eigenvalue weighted by Crippen LogP contribution is -2.19. The van der Waals surface area contributed by atoms with Gasteiger partial charge in [0.05, 0.1) is 0 Å². The summed E-state index contributed by atoms with van der Waals surface area (Å²) in [6, 6.07) is 13.7. The Kier molecular flexibility index (Phi) is 6.20. The molecule has 0 aliphatic heterocycles. The van der Waals surface area contributed by atoms with E-state index >= 15 is 0 Å². The van der Waals surface area contributed by atoms with Crippen LogP contribution in [0.1, 0.15) is 23.0 Å². The van der Waals surface area contributed by atoms with Crippen LogP contribution in [0.3, 0.4) is 0 Å². The number of carbonyl (C=O) groups is 3. The van der Waals surface area contributed by atoms with Gasteiger partial charge in [-0.2, -0.15) is 0 Å². The Morgan fingerprint density at radius 2 is 1.55 bits per heavy atom. The number of urea groups is 1. The first kappa shape index (κ1) is 20.0. The van der Waals surface area contributed by atoms with Gasteiger partial charge in [-0.1, -0.05) is 12.1 Å². The zero-order valence-corrected chi connectivity index (χ0v) is 16.6. The third-order valence-corrected chi connectivity index (χ3v) is 4.45. The minimum Gasteiger partial charge on any atom is -0.326 e. The summed E-state index contributed by atoms with van der Waals surface area (Å²) >= 11 is 1.15. The van der Waals surface area contributed by atoms with Crippen molar-refractivity contribution in [2.75, 3.05) is 21.3 Å². The van der Waals surface area contributed by atoms with Gasteiger partial charge in [-0.05, 0) is 48.9 Å². The van der Waals surface area contributed by atoms with Gasteiger partial charge >= 0.3 is 6.03 Å². The van der Waals surface area contributed by atoms with Crippen molar-refractivity contribution in [2.45, 2.75) is 13.8 Å². The average Bonchev–Trinajstić information content (AvgIpc) is 3.11. The fraction of sp³-hybridized carbons (Fsp3) is 0.100.